The molecule has 2 rings (SSSR count). The molecule has 0 atom stereocenters. The van der Waals surface area contributed by atoms with E-state index in [1.165, 1.54) is 10.6 Å². The Balaban J connectivity index is 2.08. The fourth-order valence-corrected chi connectivity index (χ4v) is 1.96. The number of nitrogens with zero attached hydrogens (tertiary/aromatic N) is 3. The van der Waals surface area contributed by atoms with E-state index < -0.39 is 0 Å². The van der Waals surface area contributed by atoms with Crippen LogP contribution in [-0.2, 0) is 11.8 Å². The number of ether oxygens (including phenoxy) is 1. The Labute approximate surface area is 130 Å². The second-order valence-electron chi connectivity index (χ2n) is 5.30. The zero-order valence-corrected chi connectivity index (χ0v) is 13.2. The first kappa shape index (κ1) is 16.2. The highest BCUT2D eigenvalue weighted by molar-refractivity contribution is 5.59. The van der Waals surface area contributed by atoms with E-state index in [9.17, 15) is 4.79 Å². The van der Waals surface area contributed by atoms with Crippen LogP contribution in [0.25, 0.3) is 11.3 Å². The lowest BCUT2D eigenvalue weighted by molar-refractivity contribution is 0.0787. The Morgan fingerprint density at radius 3 is 2.73 bits per heavy atom. The van der Waals surface area contributed by atoms with Gasteiger partial charge in [0.05, 0.1) is 11.8 Å². The minimum Gasteiger partial charge on any atom is -0.379 e. The van der Waals surface area contributed by atoms with Gasteiger partial charge in [0, 0.05) is 44.2 Å². The van der Waals surface area contributed by atoms with Gasteiger partial charge in [-0.3, -0.25) is 14.3 Å². The molecule has 1 N–H and O–H groups in total. The molecule has 6 nitrogen and oxygen atoms in total. The SMILES string of the molecule is CC(C)OCCCNc1nc(-c2ccncc2)cc(=O)n1C. The maximum Gasteiger partial charge on any atom is 0.255 e. The lowest BCUT2D eigenvalue weighted by Gasteiger charge is -2.12. The van der Waals surface area contributed by atoms with E-state index in [4.69, 9.17) is 4.74 Å². The summed E-state index contributed by atoms with van der Waals surface area (Å²) in [5.41, 5.74) is 1.42. The van der Waals surface area contributed by atoms with Crippen molar-refractivity contribution in [1.82, 2.24) is 14.5 Å². The topological polar surface area (TPSA) is 69.0 Å². The van der Waals surface area contributed by atoms with Crippen molar-refractivity contribution in [1.29, 1.82) is 0 Å². The van der Waals surface area contributed by atoms with Crippen molar-refractivity contribution in [2.75, 3.05) is 18.5 Å². The lowest BCUT2D eigenvalue weighted by Crippen LogP contribution is -2.22. The zero-order chi connectivity index (χ0) is 15.9. The van der Waals surface area contributed by atoms with Gasteiger partial charge in [0.2, 0.25) is 5.95 Å². The molecule has 0 unspecified atom stereocenters. The van der Waals surface area contributed by atoms with E-state index >= 15 is 0 Å². The number of anilines is 1. The fourth-order valence-electron chi connectivity index (χ4n) is 1.96. The highest BCUT2D eigenvalue weighted by Crippen LogP contribution is 2.15. The molecule has 2 aromatic heterocycles. The zero-order valence-electron chi connectivity index (χ0n) is 13.2. The van der Waals surface area contributed by atoms with Crippen LogP contribution in [0, 0.1) is 0 Å². The van der Waals surface area contributed by atoms with Gasteiger partial charge in [0.15, 0.2) is 0 Å². The molecule has 0 bridgehead atoms. The third-order valence-corrected chi connectivity index (χ3v) is 3.17. The van der Waals surface area contributed by atoms with Gasteiger partial charge in [-0.15, -0.1) is 0 Å². The Morgan fingerprint density at radius 2 is 2.05 bits per heavy atom. The first-order chi connectivity index (χ1) is 10.6. The van der Waals surface area contributed by atoms with E-state index in [0.717, 1.165) is 12.0 Å². The molecule has 2 aromatic rings. The summed E-state index contributed by atoms with van der Waals surface area (Å²) in [5, 5.41) is 3.19. The predicted octanol–water partition coefficient (Wildman–Crippen LogP) is 2.07. The first-order valence-electron chi connectivity index (χ1n) is 7.42. The third-order valence-electron chi connectivity index (χ3n) is 3.17. The summed E-state index contributed by atoms with van der Waals surface area (Å²) in [7, 11) is 1.71. The molecule has 2 heterocycles. The third kappa shape index (κ3) is 4.39. The van der Waals surface area contributed by atoms with Crippen LogP contribution in [0.5, 0.6) is 0 Å². The van der Waals surface area contributed by atoms with E-state index in [-0.39, 0.29) is 11.7 Å². The van der Waals surface area contributed by atoms with Crippen molar-refractivity contribution in [2.45, 2.75) is 26.4 Å². The van der Waals surface area contributed by atoms with Crippen molar-refractivity contribution >= 4 is 5.95 Å². The maximum atomic E-state index is 12.1. The number of aromatic nitrogens is 3. The van der Waals surface area contributed by atoms with Crippen molar-refractivity contribution in [3.05, 3.63) is 40.9 Å². The van der Waals surface area contributed by atoms with E-state index in [1.807, 2.05) is 26.0 Å². The summed E-state index contributed by atoms with van der Waals surface area (Å²) >= 11 is 0. The summed E-state index contributed by atoms with van der Waals surface area (Å²) in [5.74, 6) is 0.559. The predicted molar refractivity (Wildman–Crippen MR) is 86.9 cm³/mol. The molecule has 0 fully saturated rings. The van der Waals surface area contributed by atoms with Crippen LogP contribution in [-0.4, -0.2) is 33.8 Å². The summed E-state index contributed by atoms with van der Waals surface area (Å²) in [4.78, 5) is 20.6. The van der Waals surface area contributed by atoms with Crippen molar-refractivity contribution in [3.8, 4) is 11.3 Å². The largest absolute Gasteiger partial charge is 0.379 e. The Bertz CT molecular complexity index is 653. The summed E-state index contributed by atoms with van der Waals surface area (Å²) in [6.45, 7) is 5.41. The molecule has 0 saturated carbocycles. The molecule has 0 saturated heterocycles. The van der Waals surface area contributed by atoms with Gasteiger partial charge in [-0.1, -0.05) is 0 Å². The molecule has 0 radical (unpaired) electrons. The van der Waals surface area contributed by atoms with Crippen LogP contribution < -0.4 is 10.9 Å². The van der Waals surface area contributed by atoms with Gasteiger partial charge < -0.3 is 10.1 Å². The Hall–Kier alpha value is -2.21. The summed E-state index contributed by atoms with van der Waals surface area (Å²) in [6.07, 6.45) is 4.46. The van der Waals surface area contributed by atoms with Crippen LogP contribution in [0.4, 0.5) is 5.95 Å². The van der Waals surface area contributed by atoms with Crippen LogP contribution in [0.15, 0.2) is 35.4 Å². The van der Waals surface area contributed by atoms with Gasteiger partial charge in [0.1, 0.15) is 0 Å². The van der Waals surface area contributed by atoms with Crippen LogP contribution in [0.2, 0.25) is 0 Å². The van der Waals surface area contributed by atoms with E-state index in [2.05, 4.69) is 15.3 Å². The monoisotopic (exact) mass is 302 g/mol. The van der Waals surface area contributed by atoms with Gasteiger partial charge in [-0.2, -0.15) is 0 Å². The highest BCUT2D eigenvalue weighted by atomic mass is 16.5. The van der Waals surface area contributed by atoms with E-state index in [0.29, 0.717) is 24.8 Å². The van der Waals surface area contributed by atoms with Crippen molar-refractivity contribution in [3.63, 3.8) is 0 Å². The number of hydrogen-bond acceptors (Lipinski definition) is 5. The summed E-state index contributed by atoms with van der Waals surface area (Å²) in [6, 6.07) is 5.20. The molecule has 0 aliphatic carbocycles. The van der Waals surface area contributed by atoms with Crippen LogP contribution in [0.1, 0.15) is 20.3 Å². The van der Waals surface area contributed by atoms with Crippen LogP contribution >= 0.6 is 0 Å². The Kier molecular flexibility index (Phi) is 5.66. The van der Waals surface area contributed by atoms with E-state index in [1.54, 1.807) is 19.4 Å². The molecule has 0 aliphatic heterocycles. The van der Waals surface area contributed by atoms with Crippen molar-refractivity contribution < 1.29 is 4.74 Å². The minimum atomic E-state index is -0.0947. The number of pyridine rings is 1. The number of hydrogen-bond donors (Lipinski definition) is 1. The standard InChI is InChI=1S/C16H22N4O2/c1-12(2)22-10-4-7-18-16-19-14(11-15(21)20(16)3)13-5-8-17-9-6-13/h5-6,8-9,11-12H,4,7,10H2,1-3H3,(H,18,19). The summed E-state index contributed by atoms with van der Waals surface area (Å²) < 4.78 is 7.00. The van der Waals surface area contributed by atoms with Gasteiger partial charge in [-0.25, -0.2) is 4.98 Å². The first-order valence-corrected chi connectivity index (χ1v) is 7.42. The quantitative estimate of drug-likeness (QED) is 0.793. The smallest absolute Gasteiger partial charge is 0.255 e. The molecule has 118 valence electrons. The normalized spacial score (nSPS) is 10.9. The van der Waals surface area contributed by atoms with Gasteiger partial charge in [-0.05, 0) is 32.4 Å². The molecule has 0 amide bonds. The molecular formula is C16H22N4O2. The lowest BCUT2D eigenvalue weighted by atomic mass is 10.2. The molecule has 0 aliphatic rings. The van der Waals surface area contributed by atoms with Gasteiger partial charge in [0.25, 0.3) is 5.56 Å². The number of nitrogens with one attached hydrogen (secondary N) is 1. The number of rotatable bonds is 7. The minimum absolute atomic E-state index is 0.0947. The Morgan fingerprint density at radius 1 is 1.32 bits per heavy atom. The van der Waals surface area contributed by atoms with Crippen LogP contribution in [0.3, 0.4) is 0 Å². The maximum absolute atomic E-state index is 12.1. The molecule has 0 aromatic carbocycles. The fraction of sp³-hybridized carbons (Fsp3) is 0.438. The second kappa shape index (κ2) is 7.70. The average Bonchev–Trinajstić information content (AvgIpc) is 2.51. The molecule has 0 spiro atoms. The highest BCUT2D eigenvalue weighted by Gasteiger charge is 2.07. The molecule has 22 heavy (non-hydrogen) atoms. The molecule has 6 heteroatoms. The average molecular weight is 302 g/mol. The molecular weight excluding hydrogens is 280 g/mol. The second-order valence-corrected chi connectivity index (χ2v) is 5.30. The van der Waals surface area contributed by atoms with Gasteiger partial charge >= 0.3 is 0 Å². The van der Waals surface area contributed by atoms with Crippen molar-refractivity contribution in [2.24, 2.45) is 7.05 Å².